The van der Waals surface area contributed by atoms with Crippen molar-refractivity contribution in [3.05, 3.63) is 59.7 Å². The Bertz CT molecular complexity index is 788. The van der Waals surface area contributed by atoms with Gasteiger partial charge in [0.2, 0.25) is 5.91 Å². The van der Waals surface area contributed by atoms with Gasteiger partial charge in [0.1, 0.15) is 17.5 Å². The van der Waals surface area contributed by atoms with Crippen LogP contribution in [0.1, 0.15) is 31.4 Å². The molecular formula is C23H30N2O4. The van der Waals surface area contributed by atoms with Crippen LogP contribution < -0.4 is 14.8 Å². The molecule has 0 heterocycles. The maximum atomic E-state index is 13.0. The number of likely N-dealkylation sites (N-methyl/N-ethyl adjacent to an activating group) is 1. The summed E-state index contributed by atoms with van der Waals surface area (Å²) in [7, 11) is 1.61. The molecule has 0 aliphatic rings. The van der Waals surface area contributed by atoms with E-state index in [0.29, 0.717) is 25.3 Å². The van der Waals surface area contributed by atoms with E-state index in [1.807, 2.05) is 69.3 Å². The molecule has 0 saturated heterocycles. The van der Waals surface area contributed by atoms with Crippen LogP contribution in [0.3, 0.4) is 0 Å². The van der Waals surface area contributed by atoms with E-state index in [1.54, 1.807) is 12.0 Å². The molecule has 0 fully saturated rings. The molecule has 1 N–H and O–H groups in total. The summed E-state index contributed by atoms with van der Waals surface area (Å²) in [6, 6.07) is 14.4. The van der Waals surface area contributed by atoms with Gasteiger partial charge in [0.05, 0.1) is 7.11 Å². The number of aryl methyl sites for hydroxylation is 1. The van der Waals surface area contributed by atoms with E-state index in [-0.39, 0.29) is 18.4 Å². The van der Waals surface area contributed by atoms with E-state index in [9.17, 15) is 9.59 Å². The number of ether oxygens (including phenoxy) is 2. The first-order chi connectivity index (χ1) is 14.0. The van der Waals surface area contributed by atoms with Crippen molar-refractivity contribution in [1.29, 1.82) is 0 Å². The minimum Gasteiger partial charge on any atom is -0.497 e. The van der Waals surface area contributed by atoms with Crippen molar-refractivity contribution < 1.29 is 19.1 Å². The highest BCUT2D eigenvalue weighted by Gasteiger charge is 2.28. The third-order valence-electron chi connectivity index (χ3n) is 4.63. The number of rotatable bonds is 10. The van der Waals surface area contributed by atoms with Crippen LogP contribution in [0.5, 0.6) is 11.5 Å². The van der Waals surface area contributed by atoms with E-state index in [2.05, 4.69) is 5.32 Å². The molecule has 6 heteroatoms. The van der Waals surface area contributed by atoms with Crippen LogP contribution in [0.2, 0.25) is 0 Å². The van der Waals surface area contributed by atoms with Crippen LogP contribution in [0, 0.1) is 6.92 Å². The number of nitrogens with one attached hydrogen (secondary N) is 1. The fourth-order valence-corrected chi connectivity index (χ4v) is 3.00. The van der Waals surface area contributed by atoms with Crippen molar-refractivity contribution in [2.24, 2.45) is 0 Å². The second-order valence-corrected chi connectivity index (χ2v) is 6.79. The molecule has 0 aliphatic carbocycles. The molecule has 156 valence electrons. The zero-order valence-electron chi connectivity index (χ0n) is 17.6. The summed E-state index contributed by atoms with van der Waals surface area (Å²) in [5.74, 6) is 0.969. The quantitative estimate of drug-likeness (QED) is 0.667. The monoisotopic (exact) mass is 398 g/mol. The van der Waals surface area contributed by atoms with Gasteiger partial charge in [-0.3, -0.25) is 9.59 Å². The van der Waals surface area contributed by atoms with Crippen molar-refractivity contribution in [2.75, 3.05) is 20.3 Å². The molecule has 29 heavy (non-hydrogen) atoms. The van der Waals surface area contributed by atoms with Crippen molar-refractivity contribution in [1.82, 2.24) is 10.2 Å². The van der Waals surface area contributed by atoms with Crippen LogP contribution in [0.4, 0.5) is 0 Å². The lowest BCUT2D eigenvalue weighted by atomic mass is 10.1. The topological polar surface area (TPSA) is 67.9 Å². The number of methoxy groups -OCH3 is 1. The van der Waals surface area contributed by atoms with Crippen molar-refractivity contribution in [3.8, 4) is 11.5 Å². The van der Waals surface area contributed by atoms with Gasteiger partial charge >= 0.3 is 0 Å². The van der Waals surface area contributed by atoms with Crippen molar-refractivity contribution in [3.63, 3.8) is 0 Å². The van der Waals surface area contributed by atoms with Crippen LogP contribution in [0.25, 0.3) is 0 Å². The average Bonchev–Trinajstić information content (AvgIpc) is 2.73. The number of hydrogen-bond acceptors (Lipinski definition) is 4. The molecule has 0 aliphatic heterocycles. The normalized spacial score (nSPS) is 11.4. The van der Waals surface area contributed by atoms with Gasteiger partial charge in [0, 0.05) is 13.1 Å². The highest BCUT2D eigenvalue weighted by Crippen LogP contribution is 2.17. The van der Waals surface area contributed by atoms with Crippen molar-refractivity contribution in [2.45, 2.75) is 39.8 Å². The molecule has 2 aromatic carbocycles. The predicted octanol–water partition coefficient (Wildman–Crippen LogP) is 3.33. The molecule has 2 aromatic rings. The molecule has 0 bridgehead atoms. The minimum absolute atomic E-state index is 0.130. The van der Waals surface area contributed by atoms with Gasteiger partial charge in [-0.15, -0.1) is 0 Å². The molecule has 0 aromatic heterocycles. The number of carbonyl (C=O) groups is 2. The van der Waals surface area contributed by atoms with Gasteiger partial charge in [-0.25, -0.2) is 0 Å². The van der Waals surface area contributed by atoms with Gasteiger partial charge in [0.25, 0.3) is 5.91 Å². The summed E-state index contributed by atoms with van der Waals surface area (Å²) in [5.41, 5.74) is 2.03. The Morgan fingerprint density at radius 2 is 1.62 bits per heavy atom. The molecule has 1 atom stereocenters. The number of nitrogens with zero attached hydrogens (tertiary/aromatic N) is 1. The van der Waals surface area contributed by atoms with Crippen molar-refractivity contribution >= 4 is 11.8 Å². The van der Waals surface area contributed by atoms with E-state index in [1.165, 1.54) is 0 Å². The van der Waals surface area contributed by atoms with E-state index in [4.69, 9.17) is 9.47 Å². The second kappa shape index (κ2) is 11.1. The third kappa shape index (κ3) is 6.52. The smallest absolute Gasteiger partial charge is 0.261 e. The summed E-state index contributed by atoms with van der Waals surface area (Å²) in [6.07, 6.45) is 0.512. The SMILES string of the molecule is CCNC(=O)[C@H](CC)N(Cc1ccc(OC)cc1)C(=O)COc1ccc(C)cc1. The van der Waals surface area contributed by atoms with E-state index in [0.717, 1.165) is 16.9 Å². The average molecular weight is 399 g/mol. The van der Waals surface area contributed by atoms with E-state index >= 15 is 0 Å². The molecule has 0 saturated carbocycles. The lowest BCUT2D eigenvalue weighted by molar-refractivity contribution is -0.142. The number of benzene rings is 2. The summed E-state index contributed by atoms with van der Waals surface area (Å²) in [6.45, 7) is 6.45. The number of amides is 2. The zero-order chi connectivity index (χ0) is 21.2. The Morgan fingerprint density at radius 3 is 2.17 bits per heavy atom. The molecular weight excluding hydrogens is 368 g/mol. The third-order valence-corrected chi connectivity index (χ3v) is 4.63. The predicted molar refractivity (Wildman–Crippen MR) is 113 cm³/mol. The fourth-order valence-electron chi connectivity index (χ4n) is 3.00. The molecule has 0 unspecified atom stereocenters. The first-order valence-corrected chi connectivity index (χ1v) is 9.88. The highest BCUT2D eigenvalue weighted by molar-refractivity contribution is 5.88. The molecule has 2 rings (SSSR count). The summed E-state index contributed by atoms with van der Waals surface area (Å²) in [5, 5.41) is 2.82. The minimum atomic E-state index is -0.564. The molecule has 0 spiro atoms. The van der Waals surface area contributed by atoms with Crippen LogP contribution >= 0.6 is 0 Å². The van der Waals surface area contributed by atoms with Crippen LogP contribution in [-0.4, -0.2) is 43.0 Å². The Kier molecular flexibility index (Phi) is 8.52. The molecule has 0 radical (unpaired) electrons. The second-order valence-electron chi connectivity index (χ2n) is 6.79. The molecule has 6 nitrogen and oxygen atoms in total. The largest absolute Gasteiger partial charge is 0.497 e. The van der Waals surface area contributed by atoms with E-state index < -0.39 is 6.04 Å². The summed E-state index contributed by atoms with van der Waals surface area (Å²) in [4.78, 5) is 27.2. The standard InChI is InChI=1S/C23H30N2O4/c1-5-21(23(27)24-6-2)25(15-18-9-13-19(28-4)14-10-18)22(26)16-29-20-11-7-17(3)8-12-20/h7-14,21H,5-6,15-16H2,1-4H3,(H,24,27)/t21-/m0/s1. The maximum Gasteiger partial charge on any atom is 0.261 e. The summed E-state index contributed by atoms with van der Waals surface area (Å²) < 4.78 is 10.9. The van der Waals surface area contributed by atoms with Gasteiger partial charge in [-0.2, -0.15) is 0 Å². The van der Waals surface area contributed by atoms with Gasteiger partial charge in [-0.1, -0.05) is 36.8 Å². The zero-order valence-corrected chi connectivity index (χ0v) is 17.6. The lowest BCUT2D eigenvalue weighted by Gasteiger charge is -2.30. The van der Waals surface area contributed by atoms with Gasteiger partial charge in [-0.05, 0) is 50.1 Å². The first kappa shape index (κ1) is 22.3. The first-order valence-electron chi connectivity index (χ1n) is 9.88. The lowest BCUT2D eigenvalue weighted by Crippen LogP contribution is -2.50. The summed E-state index contributed by atoms with van der Waals surface area (Å²) >= 11 is 0. The van der Waals surface area contributed by atoms with Crippen LogP contribution in [0.15, 0.2) is 48.5 Å². The van der Waals surface area contributed by atoms with Gasteiger partial charge in [0.15, 0.2) is 6.61 Å². The van der Waals surface area contributed by atoms with Crippen LogP contribution in [-0.2, 0) is 16.1 Å². The maximum absolute atomic E-state index is 13.0. The van der Waals surface area contributed by atoms with Gasteiger partial charge < -0.3 is 19.7 Å². The highest BCUT2D eigenvalue weighted by atomic mass is 16.5. The Hall–Kier alpha value is -3.02. The Morgan fingerprint density at radius 1 is 1.00 bits per heavy atom. The fraction of sp³-hybridized carbons (Fsp3) is 0.391. The number of hydrogen-bond donors (Lipinski definition) is 1. The number of carbonyl (C=O) groups excluding carboxylic acids is 2. The Balaban J connectivity index is 2.17. The Labute approximate surface area is 172 Å². The molecule has 2 amide bonds.